The standard InChI is InChI=1S/C13H15ClN2O5/c1-7(11(17)16-13(19)15-2)21-12(18)9-6-8(14)4-5-10(9)20-3/h4-7H,1-3H3,(H2,15,16,17,19). The third-order valence-corrected chi connectivity index (χ3v) is 2.73. The summed E-state index contributed by atoms with van der Waals surface area (Å²) in [6.45, 7) is 1.34. The van der Waals surface area contributed by atoms with Gasteiger partial charge in [0.15, 0.2) is 6.10 Å². The number of imide groups is 1. The molecular weight excluding hydrogens is 300 g/mol. The van der Waals surface area contributed by atoms with Crippen molar-refractivity contribution in [1.29, 1.82) is 0 Å². The minimum absolute atomic E-state index is 0.0876. The van der Waals surface area contributed by atoms with Crippen molar-refractivity contribution >= 4 is 29.5 Å². The first kappa shape index (κ1) is 16.8. The van der Waals surface area contributed by atoms with Crippen molar-refractivity contribution in [1.82, 2.24) is 10.6 Å². The smallest absolute Gasteiger partial charge is 0.342 e. The zero-order chi connectivity index (χ0) is 16.0. The van der Waals surface area contributed by atoms with Gasteiger partial charge < -0.3 is 14.8 Å². The molecule has 0 radical (unpaired) electrons. The Hall–Kier alpha value is -2.28. The summed E-state index contributed by atoms with van der Waals surface area (Å²) in [6, 6.07) is 3.74. The molecule has 0 saturated heterocycles. The van der Waals surface area contributed by atoms with Crippen molar-refractivity contribution in [2.24, 2.45) is 0 Å². The van der Waals surface area contributed by atoms with Crippen molar-refractivity contribution in [3.63, 3.8) is 0 Å². The van der Waals surface area contributed by atoms with Crippen LogP contribution < -0.4 is 15.4 Å². The molecule has 0 aliphatic rings. The maximum absolute atomic E-state index is 12.0. The number of amides is 3. The Kier molecular flexibility index (Phi) is 5.98. The summed E-state index contributed by atoms with van der Waals surface area (Å²) < 4.78 is 9.99. The van der Waals surface area contributed by atoms with Gasteiger partial charge in [-0.3, -0.25) is 10.1 Å². The van der Waals surface area contributed by atoms with E-state index in [9.17, 15) is 14.4 Å². The van der Waals surface area contributed by atoms with Crippen LogP contribution in [-0.2, 0) is 9.53 Å². The van der Waals surface area contributed by atoms with Crippen LogP contribution in [0.1, 0.15) is 17.3 Å². The van der Waals surface area contributed by atoms with Crippen molar-refractivity contribution in [2.45, 2.75) is 13.0 Å². The molecule has 0 bridgehead atoms. The fraction of sp³-hybridized carbons (Fsp3) is 0.308. The number of methoxy groups -OCH3 is 1. The molecule has 0 saturated carbocycles. The van der Waals surface area contributed by atoms with Gasteiger partial charge in [0.2, 0.25) is 0 Å². The highest BCUT2D eigenvalue weighted by atomic mass is 35.5. The topological polar surface area (TPSA) is 93.7 Å². The third-order valence-electron chi connectivity index (χ3n) is 2.50. The van der Waals surface area contributed by atoms with Crippen molar-refractivity contribution in [3.8, 4) is 5.75 Å². The molecule has 1 aromatic carbocycles. The average Bonchev–Trinajstić information content (AvgIpc) is 2.46. The van der Waals surface area contributed by atoms with Crippen LogP contribution in [0.5, 0.6) is 5.75 Å². The minimum Gasteiger partial charge on any atom is -0.496 e. The molecule has 2 N–H and O–H groups in total. The number of nitrogens with one attached hydrogen (secondary N) is 2. The van der Waals surface area contributed by atoms with Crippen LogP contribution in [0.4, 0.5) is 4.79 Å². The Labute approximate surface area is 126 Å². The number of carbonyl (C=O) groups is 3. The van der Waals surface area contributed by atoms with E-state index in [1.807, 2.05) is 5.32 Å². The molecule has 1 rings (SSSR count). The van der Waals surface area contributed by atoms with E-state index in [2.05, 4.69) is 5.32 Å². The van der Waals surface area contributed by atoms with E-state index in [0.717, 1.165) is 0 Å². The summed E-state index contributed by atoms with van der Waals surface area (Å²) in [5, 5.41) is 4.54. The van der Waals surface area contributed by atoms with E-state index >= 15 is 0 Å². The molecule has 1 unspecified atom stereocenters. The number of urea groups is 1. The van der Waals surface area contributed by atoms with Crippen LogP contribution in [0.3, 0.4) is 0 Å². The number of rotatable bonds is 4. The first-order chi connectivity index (χ1) is 9.88. The molecule has 3 amide bonds. The van der Waals surface area contributed by atoms with Gasteiger partial charge >= 0.3 is 12.0 Å². The Morgan fingerprint density at radius 3 is 2.52 bits per heavy atom. The highest BCUT2D eigenvalue weighted by molar-refractivity contribution is 6.31. The predicted molar refractivity (Wildman–Crippen MR) is 75.5 cm³/mol. The average molecular weight is 315 g/mol. The summed E-state index contributed by atoms with van der Waals surface area (Å²) >= 11 is 5.81. The van der Waals surface area contributed by atoms with Crippen LogP contribution in [0.15, 0.2) is 18.2 Å². The van der Waals surface area contributed by atoms with E-state index in [0.29, 0.717) is 5.02 Å². The van der Waals surface area contributed by atoms with Gasteiger partial charge in [-0.15, -0.1) is 0 Å². The molecule has 7 nitrogen and oxygen atoms in total. The SMILES string of the molecule is CNC(=O)NC(=O)C(C)OC(=O)c1cc(Cl)ccc1OC. The molecule has 0 aliphatic carbocycles. The molecule has 1 atom stereocenters. The molecule has 0 fully saturated rings. The summed E-state index contributed by atoms with van der Waals surface area (Å²) in [6.07, 6.45) is -1.15. The van der Waals surface area contributed by atoms with Gasteiger partial charge in [-0.25, -0.2) is 9.59 Å². The van der Waals surface area contributed by atoms with Crippen LogP contribution in [-0.4, -0.2) is 38.2 Å². The molecule has 0 heterocycles. The first-order valence-electron chi connectivity index (χ1n) is 5.96. The lowest BCUT2D eigenvalue weighted by molar-refractivity contribution is -0.127. The van der Waals surface area contributed by atoms with Gasteiger partial charge in [0, 0.05) is 12.1 Å². The van der Waals surface area contributed by atoms with Gasteiger partial charge in [-0.2, -0.15) is 0 Å². The largest absolute Gasteiger partial charge is 0.496 e. The third kappa shape index (κ3) is 4.64. The van der Waals surface area contributed by atoms with Gasteiger partial charge in [0.1, 0.15) is 11.3 Å². The zero-order valence-electron chi connectivity index (χ0n) is 11.7. The second kappa shape index (κ2) is 7.49. The summed E-state index contributed by atoms with van der Waals surface area (Å²) in [5.74, 6) is -1.26. The molecule has 114 valence electrons. The molecule has 8 heteroatoms. The number of hydrogen-bond acceptors (Lipinski definition) is 5. The maximum atomic E-state index is 12.0. The minimum atomic E-state index is -1.15. The summed E-state index contributed by atoms with van der Waals surface area (Å²) in [7, 11) is 2.75. The monoisotopic (exact) mass is 314 g/mol. The molecule has 21 heavy (non-hydrogen) atoms. The van der Waals surface area contributed by atoms with Crippen molar-refractivity contribution < 1.29 is 23.9 Å². The van der Waals surface area contributed by atoms with E-state index in [-0.39, 0.29) is 11.3 Å². The Balaban J connectivity index is 2.79. The van der Waals surface area contributed by atoms with Gasteiger partial charge in [-0.1, -0.05) is 11.6 Å². The van der Waals surface area contributed by atoms with Crippen LogP contribution in [0, 0.1) is 0 Å². The molecule has 0 aliphatic heterocycles. The second-order valence-corrected chi connectivity index (χ2v) is 4.40. The highest BCUT2D eigenvalue weighted by Gasteiger charge is 2.22. The lowest BCUT2D eigenvalue weighted by atomic mass is 10.2. The van der Waals surface area contributed by atoms with Gasteiger partial charge in [0.05, 0.1) is 7.11 Å². The number of esters is 1. The first-order valence-corrected chi connectivity index (χ1v) is 6.34. The van der Waals surface area contributed by atoms with Crippen molar-refractivity contribution in [3.05, 3.63) is 28.8 Å². The summed E-state index contributed by atoms with van der Waals surface area (Å²) in [4.78, 5) is 34.6. The number of hydrogen-bond donors (Lipinski definition) is 2. The van der Waals surface area contributed by atoms with E-state index in [1.54, 1.807) is 6.07 Å². The molecule has 1 aromatic rings. The molecule has 0 spiro atoms. The van der Waals surface area contributed by atoms with E-state index < -0.39 is 24.0 Å². The number of halogens is 1. The Morgan fingerprint density at radius 2 is 1.95 bits per heavy atom. The quantitative estimate of drug-likeness (QED) is 0.818. The fourth-order valence-electron chi connectivity index (χ4n) is 1.39. The predicted octanol–water partition coefficient (Wildman–Crippen LogP) is 1.35. The van der Waals surface area contributed by atoms with E-state index in [4.69, 9.17) is 21.1 Å². The van der Waals surface area contributed by atoms with Gasteiger partial charge in [-0.05, 0) is 25.1 Å². The van der Waals surface area contributed by atoms with E-state index in [1.165, 1.54) is 33.2 Å². The maximum Gasteiger partial charge on any atom is 0.342 e. The lowest BCUT2D eigenvalue weighted by Gasteiger charge is -2.14. The number of benzene rings is 1. The Bertz CT molecular complexity index is 561. The van der Waals surface area contributed by atoms with Gasteiger partial charge in [0.25, 0.3) is 5.91 Å². The molecular formula is C13H15ClN2O5. The number of ether oxygens (including phenoxy) is 2. The number of carbonyl (C=O) groups excluding carboxylic acids is 3. The van der Waals surface area contributed by atoms with Crippen LogP contribution in [0.2, 0.25) is 5.02 Å². The van der Waals surface area contributed by atoms with Crippen LogP contribution in [0.25, 0.3) is 0 Å². The highest BCUT2D eigenvalue weighted by Crippen LogP contribution is 2.23. The van der Waals surface area contributed by atoms with Crippen molar-refractivity contribution in [2.75, 3.05) is 14.2 Å². The lowest BCUT2D eigenvalue weighted by Crippen LogP contribution is -2.43. The zero-order valence-corrected chi connectivity index (χ0v) is 12.5. The Morgan fingerprint density at radius 1 is 1.29 bits per heavy atom. The molecule has 0 aromatic heterocycles. The second-order valence-electron chi connectivity index (χ2n) is 3.96. The normalized spacial score (nSPS) is 11.2. The summed E-state index contributed by atoms with van der Waals surface area (Å²) in [5.41, 5.74) is 0.0876. The fourth-order valence-corrected chi connectivity index (χ4v) is 1.57. The van der Waals surface area contributed by atoms with Crippen LogP contribution >= 0.6 is 11.6 Å².